The van der Waals surface area contributed by atoms with E-state index in [1.165, 1.54) is 30.5 Å². The number of nitrogens with one attached hydrogen (secondary N) is 1. The number of carbonyl (C=O) groups is 1. The zero-order valence-electron chi connectivity index (χ0n) is 11.6. The Morgan fingerprint density at radius 3 is 2.50 bits per heavy atom. The molecule has 2 aliphatic heterocycles. The highest BCUT2D eigenvalue weighted by Gasteiger charge is 2.60. The standard InChI is InChI=1S/C15H12F3N3O/c1-10-5-7-11(8-6-10)14(15(16,17)18)19-12-4-2-3-9-21(12)13(22)20-14/h2-9H,1H3,(H,20,22)/t14-/m0/s1. The van der Waals surface area contributed by atoms with Crippen LogP contribution in [0, 0.1) is 6.92 Å². The highest BCUT2D eigenvalue weighted by atomic mass is 19.4. The Balaban J connectivity index is 2.20. The Kier molecular flexibility index (Phi) is 3.09. The summed E-state index contributed by atoms with van der Waals surface area (Å²) in [5.74, 6) is -0.0517. The molecule has 1 aromatic carbocycles. The highest BCUT2D eigenvalue weighted by Crippen LogP contribution is 2.42. The third-order valence-corrected chi connectivity index (χ3v) is 3.51. The van der Waals surface area contributed by atoms with Crippen LogP contribution in [0.25, 0.3) is 0 Å². The molecule has 0 unspecified atom stereocenters. The van der Waals surface area contributed by atoms with Crippen molar-refractivity contribution in [2.24, 2.45) is 4.99 Å². The molecule has 2 heterocycles. The number of amides is 2. The number of hydrogen-bond donors (Lipinski definition) is 1. The lowest BCUT2D eigenvalue weighted by Gasteiger charge is -2.39. The first-order valence-electron chi connectivity index (χ1n) is 6.53. The summed E-state index contributed by atoms with van der Waals surface area (Å²) in [6.45, 7) is 1.77. The molecule has 2 aliphatic rings. The summed E-state index contributed by atoms with van der Waals surface area (Å²) in [5, 5.41) is 1.99. The van der Waals surface area contributed by atoms with Gasteiger partial charge in [-0.15, -0.1) is 0 Å². The topological polar surface area (TPSA) is 44.7 Å². The van der Waals surface area contributed by atoms with Gasteiger partial charge in [0.25, 0.3) is 5.66 Å². The fourth-order valence-electron chi connectivity index (χ4n) is 2.34. The zero-order valence-corrected chi connectivity index (χ0v) is 11.6. The summed E-state index contributed by atoms with van der Waals surface area (Å²) in [6.07, 6.45) is 1.04. The number of aliphatic imine (C=N–C) groups is 1. The number of rotatable bonds is 1. The number of urea groups is 1. The number of aryl methyl sites for hydroxylation is 1. The molecule has 4 nitrogen and oxygen atoms in total. The van der Waals surface area contributed by atoms with Crippen LogP contribution in [0.15, 0.2) is 53.7 Å². The van der Waals surface area contributed by atoms with E-state index in [0.29, 0.717) is 0 Å². The summed E-state index contributed by atoms with van der Waals surface area (Å²) < 4.78 is 41.2. The van der Waals surface area contributed by atoms with Gasteiger partial charge >= 0.3 is 12.2 Å². The first-order chi connectivity index (χ1) is 10.3. The molecule has 0 saturated heterocycles. The molecule has 3 rings (SSSR count). The molecule has 1 N–H and O–H groups in total. The van der Waals surface area contributed by atoms with Gasteiger partial charge in [0.2, 0.25) is 0 Å². The van der Waals surface area contributed by atoms with Crippen molar-refractivity contribution in [2.75, 3.05) is 0 Å². The van der Waals surface area contributed by atoms with E-state index in [0.717, 1.165) is 10.5 Å². The molecule has 7 heteroatoms. The lowest BCUT2D eigenvalue weighted by atomic mass is 9.97. The van der Waals surface area contributed by atoms with E-state index in [1.54, 1.807) is 25.1 Å². The van der Waals surface area contributed by atoms with Crippen molar-refractivity contribution < 1.29 is 18.0 Å². The van der Waals surface area contributed by atoms with E-state index in [-0.39, 0.29) is 11.4 Å². The molecular formula is C15H12F3N3O. The number of alkyl halides is 3. The van der Waals surface area contributed by atoms with Crippen molar-refractivity contribution in [1.29, 1.82) is 0 Å². The summed E-state index contributed by atoms with van der Waals surface area (Å²) >= 11 is 0. The van der Waals surface area contributed by atoms with Crippen molar-refractivity contribution in [3.05, 3.63) is 59.8 Å². The van der Waals surface area contributed by atoms with E-state index in [2.05, 4.69) is 4.99 Å². The molecule has 2 amide bonds. The van der Waals surface area contributed by atoms with Gasteiger partial charge in [0.05, 0.1) is 0 Å². The Morgan fingerprint density at radius 1 is 1.18 bits per heavy atom. The number of benzene rings is 1. The molecule has 0 saturated carbocycles. The predicted octanol–water partition coefficient (Wildman–Crippen LogP) is 3.22. The first-order valence-corrected chi connectivity index (χ1v) is 6.53. The van der Waals surface area contributed by atoms with Gasteiger partial charge in [0, 0.05) is 11.8 Å². The fourth-order valence-corrected chi connectivity index (χ4v) is 2.34. The van der Waals surface area contributed by atoms with Crippen molar-refractivity contribution in [3.63, 3.8) is 0 Å². The van der Waals surface area contributed by atoms with Crippen LogP contribution in [-0.4, -0.2) is 22.9 Å². The van der Waals surface area contributed by atoms with Crippen LogP contribution in [0.5, 0.6) is 0 Å². The van der Waals surface area contributed by atoms with Crippen LogP contribution in [-0.2, 0) is 5.66 Å². The van der Waals surface area contributed by atoms with Gasteiger partial charge in [-0.05, 0) is 19.1 Å². The smallest absolute Gasteiger partial charge is 0.301 e. The number of amidine groups is 1. The maximum absolute atomic E-state index is 13.7. The summed E-state index contributed by atoms with van der Waals surface area (Å²) in [7, 11) is 0. The average molecular weight is 307 g/mol. The maximum atomic E-state index is 13.7. The van der Waals surface area contributed by atoms with Crippen LogP contribution >= 0.6 is 0 Å². The van der Waals surface area contributed by atoms with Crippen LogP contribution in [0.3, 0.4) is 0 Å². The van der Waals surface area contributed by atoms with Crippen molar-refractivity contribution >= 4 is 11.9 Å². The number of nitrogens with zero attached hydrogens (tertiary/aromatic N) is 2. The quantitative estimate of drug-likeness (QED) is 0.850. The summed E-state index contributed by atoms with van der Waals surface area (Å²) in [6, 6.07) is 4.88. The molecule has 0 bridgehead atoms. The third-order valence-electron chi connectivity index (χ3n) is 3.51. The van der Waals surface area contributed by atoms with Crippen LogP contribution < -0.4 is 5.32 Å². The predicted molar refractivity (Wildman–Crippen MR) is 75.0 cm³/mol. The molecule has 1 atom stereocenters. The Hall–Kier alpha value is -2.57. The number of carbonyl (C=O) groups excluding carboxylic acids is 1. The molecular weight excluding hydrogens is 295 g/mol. The lowest BCUT2D eigenvalue weighted by Crippen LogP contribution is -2.62. The van der Waals surface area contributed by atoms with E-state index < -0.39 is 17.9 Å². The maximum Gasteiger partial charge on any atom is 0.436 e. The molecule has 0 radical (unpaired) electrons. The van der Waals surface area contributed by atoms with Crippen molar-refractivity contribution in [3.8, 4) is 0 Å². The molecule has 114 valence electrons. The van der Waals surface area contributed by atoms with Gasteiger partial charge in [-0.3, -0.25) is 4.90 Å². The molecule has 0 spiro atoms. The van der Waals surface area contributed by atoms with Gasteiger partial charge in [-0.2, -0.15) is 13.2 Å². The number of allylic oxidation sites excluding steroid dienone is 2. The van der Waals surface area contributed by atoms with E-state index in [4.69, 9.17) is 0 Å². The van der Waals surface area contributed by atoms with Gasteiger partial charge in [0.15, 0.2) is 0 Å². The van der Waals surface area contributed by atoms with Crippen LogP contribution in [0.1, 0.15) is 11.1 Å². The Bertz CT molecular complexity index is 704. The number of fused-ring (bicyclic) bond motifs is 1. The molecule has 0 aliphatic carbocycles. The Labute approximate surface area is 124 Å². The molecule has 0 fully saturated rings. The van der Waals surface area contributed by atoms with Crippen molar-refractivity contribution in [1.82, 2.24) is 10.2 Å². The lowest BCUT2D eigenvalue weighted by molar-refractivity contribution is -0.196. The van der Waals surface area contributed by atoms with E-state index in [9.17, 15) is 18.0 Å². The van der Waals surface area contributed by atoms with Gasteiger partial charge in [-0.25, -0.2) is 9.79 Å². The van der Waals surface area contributed by atoms with Crippen LogP contribution in [0.4, 0.5) is 18.0 Å². The fraction of sp³-hybridized carbons (Fsp3) is 0.200. The number of hydrogen-bond acceptors (Lipinski definition) is 2. The minimum atomic E-state index is -4.77. The monoisotopic (exact) mass is 307 g/mol. The second-order valence-corrected chi connectivity index (χ2v) is 5.04. The number of halogens is 3. The second kappa shape index (κ2) is 4.72. The normalized spacial score (nSPS) is 23.9. The summed E-state index contributed by atoms with van der Waals surface area (Å²) in [4.78, 5) is 16.9. The van der Waals surface area contributed by atoms with Crippen LogP contribution in [0.2, 0.25) is 0 Å². The van der Waals surface area contributed by atoms with Gasteiger partial charge in [-0.1, -0.05) is 35.9 Å². The molecule has 1 aromatic rings. The summed E-state index contributed by atoms with van der Waals surface area (Å²) in [5.41, 5.74) is -2.09. The molecule has 22 heavy (non-hydrogen) atoms. The highest BCUT2D eigenvalue weighted by molar-refractivity contribution is 6.07. The van der Waals surface area contributed by atoms with Gasteiger partial charge in [0.1, 0.15) is 5.84 Å². The zero-order chi connectivity index (χ0) is 16.0. The minimum Gasteiger partial charge on any atom is -0.301 e. The van der Waals surface area contributed by atoms with Gasteiger partial charge < -0.3 is 5.32 Å². The van der Waals surface area contributed by atoms with Crippen molar-refractivity contribution in [2.45, 2.75) is 18.8 Å². The minimum absolute atomic E-state index is 0.0517. The van der Waals surface area contributed by atoms with E-state index >= 15 is 0 Å². The Morgan fingerprint density at radius 2 is 1.86 bits per heavy atom. The second-order valence-electron chi connectivity index (χ2n) is 5.04. The largest absolute Gasteiger partial charge is 0.436 e. The molecule has 0 aromatic heterocycles. The SMILES string of the molecule is Cc1ccc([C@]2(C(F)(F)F)N=C3C=CC=CN3C(=O)N2)cc1. The average Bonchev–Trinajstić information content (AvgIpc) is 2.46. The van der Waals surface area contributed by atoms with E-state index in [1.807, 2.05) is 5.32 Å². The third kappa shape index (κ3) is 2.09. The first kappa shape index (κ1) is 14.4.